The molecule has 2 heterocycles. The van der Waals surface area contributed by atoms with E-state index in [0.717, 1.165) is 4.70 Å². The molecule has 0 aromatic carbocycles. The number of hydrogen-bond donors (Lipinski definition) is 4. The molecule has 20 heavy (non-hydrogen) atoms. The normalized spacial score (nSPS) is 30.6. The molecule has 1 aliphatic rings. The Bertz CT molecular complexity index is 647. The Kier molecular flexibility index (Phi) is 3.17. The number of aliphatic hydroxyl groups is 3. The lowest BCUT2D eigenvalue weighted by Crippen LogP contribution is -2.19. The van der Waals surface area contributed by atoms with Crippen molar-refractivity contribution in [1.82, 2.24) is 9.97 Å². The smallest absolute Gasteiger partial charge is 0.144 e. The summed E-state index contributed by atoms with van der Waals surface area (Å²) in [6.07, 6.45) is 0.503. The molecular weight excluding hydrogens is 278 g/mol. The van der Waals surface area contributed by atoms with Crippen molar-refractivity contribution in [3.63, 3.8) is 0 Å². The van der Waals surface area contributed by atoms with Gasteiger partial charge < -0.3 is 21.1 Å². The summed E-state index contributed by atoms with van der Waals surface area (Å²) in [5.41, 5.74) is 5.81. The molecule has 7 heteroatoms. The van der Waals surface area contributed by atoms with E-state index in [0.29, 0.717) is 23.3 Å². The molecule has 6 nitrogen and oxygen atoms in total. The van der Waals surface area contributed by atoms with Crippen LogP contribution in [0.5, 0.6) is 0 Å². The molecule has 1 fully saturated rings. The average Bonchev–Trinajstić information content (AvgIpc) is 2.78. The largest absolute Gasteiger partial charge is 0.390 e. The van der Waals surface area contributed by atoms with E-state index >= 15 is 0 Å². The van der Waals surface area contributed by atoms with Gasteiger partial charge in [0, 0.05) is 17.9 Å². The van der Waals surface area contributed by atoms with Gasteiger partial charge in [-0.05, 0) is 11.8 Å². The molecule has 0 bridgehead atoms. The van der Waals surface area contributed by atoms with Crippen LogP contribution in [0.2, 0.25) is 0 Å². The number of nitrogens with zero attached hydrogens (tertiary/aromatic N) is 2. The highest BCUT2D eigenvalue weighted by Crippen LogP contribution is 2.51. The van der Waals surface area contributed by atoms with E-state index in [1.807, 2.05) is 6.92 Å². The highest BCUT2D eigenvalue weighted by Gasteiger charge is 2.62. The monoisotopic (exact) mass is 295 g/mol. The lowest BCUT2D eigenvalue weighted by Gasteiger charge is -2.15. The predicted molar refractivity (Wildman–Crippen MR) is 76.1 cm³/mol. The standard InChI is InChI=1S/C13H17N3O3S/c1-2-7-11(18)13(7,19)3-8(17)6-4-20-10-9(6)15-5-16-12(10)14/h4-5,7-8,11,17-19H,2-3H2,1H3,(H2,14,15,16)/t7?,8-,11?,13-/m0/s1. The second kappa shape index (κ2) is 4.63. The van der Waals surface area contributed by atoms with Crippen LogP contribution in [0.4, 0.5) is 5.82 Å². The van der Waals surface area contributed by atoms with Gasteiger partial charge in [0.25, 0.3) is 0 Å². The lowest BCUT2D eigenvalue weighted by atomic mass is 10.0. The Balaban J connectivity index is 1.87. The topological polar surface area (TPSA) is 112 Å². The first kappa shape index (κ1) is 13.7. The first-order valence-corrected chi connectivity index (χ1v) is 7.43. The number of nitrogens with two attached hydrogens (primary N) is 1. The van der Waals surface area contributed by atoms with Gasteiger partial charge in [-0.15, -0.1) is 11.3 Å². The van der Waals surface area contributed by atoms with Crippen molar-refractivity contribution in [2.75, 3.05) is 5.73 Å². The van der Waals surface area contributed by atoms with Crippen LogP contribution in [0.15, 0.2) is 11.7 Å². The number of nitrogen functional groups attached to an aromatic ring is 1. The molecule has 108 valence electrons. The number of hydrogen-bond acceptors (Lipinski definition) is 7. The van der Waals surface area contributed by atoms with E-state index < -0.39 is 17.8 Å². The average molecular weight is 295 g/mol. The summed E-state index contributed by atoms with van der Waals surface area (Å²) in [5.74, 6) is 0.219. The van der Waals surface area contributed by atoms with E-state index in [4.69, 9.17) is 5.73 Å². The minimum Gasteiger partial charge on any atom is -0.390 e. The van der Waals surface area contributed by atoms with Gasteiger partial charge in [-0.3, -0.25) is 0 Å². The van der Waals surface area contributed by atoms with Crippen molar-refractivity contribution in [2.45, 2.75) is 37.6 Å². The van der Waals surface area contributed by atoms with E-state index in [9.17, 15) is 15.3 Å². The molecule has 0 amide bonds. The summed E-state index contributed by atoms with van der Waals surface area (Å²) >= 11 is 1.37. The molecule has 2 unspecified atom stereocenters. The van der Waals surface area contributed by atoms with Crippen molar-refractivity contribution in [3.05, 3.63) is 17.3 Å². The molecule has 5 N–H and O–H groups in total. The van der Waals surface area contributed by atoms with Crippen LogP contribution in [-0.4, -0.2) is 37.0 Å². The first-order valence-electron chi connectivity index (χ1n) is 6.55. The van der Waals surface area contributed by atoms with Crippen molar-refractivity contribution < 1.29 is 15.3 Å². The molecule has 1 saturated carbocycles. The fourth-order valence-electron chi connectivity index (χ4n) is 2.87. The lowest BCUT2D eigenvalue weighted by molar-refractivity contribution is 0.0266. The van der Waals surface area contributed by atoms with Crippen LogP contribution in [0.1, 0.15) is 31.4 Å². The minimum absolute atomic E-state index is 0.0996. The Morgan fingerprint density at radius 2 is 2.25 bits per heavy atom. The third-order valence-electron chi connectivity index (χ3n) is 4.15. The van der Waals surface area contributed by atoms with Crippen LogP contribution in [0.25, 0.3) is 10.2 Å². The van der Waals surface area contributed by atoms with Crippen LogP contribution >= 0.6 is 11.3 Å². The molecule has 0 saturated heterocycles. The number of thiophene rings is 1. The zero-order chi connectivity index (χ0) is 14.5. The second-order valence-corrected chi connectivity index (χ2v) is 6.18. The van der Waals surface area contributed by atoms with E-state index in [2.05, 4.69) is 9.97 Å². The Hall–Kier alpha value is -1.28. The van der Waals surface area contributed by atoms with Gasteiger partial charge >= 0.3 is 0 Å². The van der Waals surface area contributed by atoms with Gasteiger partial charge in [-0.25, -0.2) is 9.97 Å². The number of rotatable bonds is 4. The maximum atomic E-state index is 10.3. The minimum atomic E-state index is -1.19. The van der Waals surface area contributed by atoms with Crippen LogP contribution < -0.4 is 5.73 Å². The molecule has 0 spiro atoms. The molecule has 0 aliphatic heterocycles. The maximum Gasteiger partial charge on any atom is 0.144 e. The van der Waals surface area contributed by atoms with Gasteiger partial charge in [0.1, 0.15) is 12.1 Å². The summed E-state index contributed by atoms with van der Waals surface area (Å²) < 4.78 is 0.733. The fourth-order valence-corrected chi connectivity index (χ4v) is 3.84. The van der Waals surface area contributed by atoms with Crippen LogP contribution in [0.3, 0.4) is 0 Å². The summed E-state index contributed by atoms with van der Waals surface area (Å²) in [4.78, 5) is 8.06. The molecule has 1 aliphatic carbocycles. The summed E-state index contributed by atoms with van der Waals surface area (Å²) in [6, 6.07) is 0. The van der Waals surface area contributed by atoms with Gasteiger partial charge in [-0.1, -0.05) is 6.92 Å². The quantitative estimate of drug-likeness (QED) is 0.664. The Morgan fingerprint density at radius 1 is 1.50 bits per heavy atom. The van der Waals surface area contributed by atoms with Crippen molar-refractivity contribution in [3.8, 4) is 0 Å². The van der Waals surface area contributed by atoms with Crippen molar-refractivity contribution in [1.29, 1.82) is 0 Å². The van der Waals surface area contributed by atoms with Gasteiger partial charge in [0.05, 0.1) is 28.0 Å². The molecule has 3 rings (SSSR count). The number of aromatic nitrogens is 2. The van der Waals surface area contributed by atoms with Crippen molar-refractivity contribution >= 4 is 27.4 Å². The molecular formula is C13H17N3O3S. The number of fused-ring (bicyclic) bond motifs is 1. The SMILES string of the molecule is CCC1C(O)[C@]1(O)C[C@H](O)c1csc2c(N)ncnc12. The predicted octanol–water partition coefficient (Wildman–Crippen LogP) is 0.829. The Labute approximate surface area is 119 Å². The van der Waals surface area contributed by atoms with Gasteiger partial charge in [-0.2, -0.15) is 0 Å². The van der Waals surface area contributed by atoms with Gasteiger partial charge in [0.2, 0.25) is 0 Å². The molecule has 2 aromatic heterocycles. The molecule has 4 atom stereocenters. The maximum absolute atomic E-state index is 10.3. The third-order valence-corrected chi connectivity index (χ3v) is 5.16. The third kappa shape index (κ3) is 1.89. The highest BCUT2D eigenvalue weighted by atomic mass is 32.1. The number of anilines is 1. The highest BCUT2D eigenvalue weighted by molar-refractivity contribution is 7.17. The van der Waals surface area contributed by atoms with Gasteiger partial charge in [0.15, 0.2) is 0 Å². The fraction of sp³-hybridized carbons (Fsp3) is 0.538. The molecule has 0 radical (unpaired) electrons. The molecule has 2 aromatic rings. The second-order valence-electron chi connectivity index (χ2n) is 5.30. The van der Waals surface area contributed by atoms with E-state index in [1.165, 1.54) is 17.7 Å². The summed E-state index contributed by atoms with van der Waals surface area (Å²) in [5, 5.41) is 32.2. The summed E-state index contributed by atoms with van der Waals surface area (Å²) in [6.45, 7) is 1.91. The zero-order valence-corrected chi connectivity index (χ0v) is 11.8. The van der Waals surface area contributed by atoms with Crippen LogP contribution in [0, 0.1) is 5.92 Å². The van der Waals surface area contributed by atoms with E-state index in [1.54, 1.807) is 5.38 Å². The van der Waals surface area contributed by atoms with Crippen molar-refractivity contribution in [2.24, 2.45) is 5.92 Å². The number of aliphatic hydroxyl groups excluding tert-OH is 2. The van der Waals surface area contributed by atoms with E-state index in [-0.39, 0.29) is 12.3 Å². The summed E-state index contributed by atoms with van der Waals surface area (Å²) in [7, 11) is 0. The first-order chi connectivity index (χ1) is 9.49. The van der Waals surface area contributed by atoms with Crippen LogP contribution in [-0.2, 0) is 0 Å². The Morgan fingerprint density at radius 3 is 2.90 bits per heavy atom. The zero-order valence-electron chi connectivity index (χ0n) is 11.0.